The van der Waals surface area contributed by atoms with E-state index in [2.05, 4.69) is 46.9 Å². The highest BCUT2D eigenvalue weighted by Gasteiger charge is 2.73. The lowest BCUT2D eigenvalue weighted by Gasteiger charge is -2.68. The fourth-order valence-electron chi connectivity index (χ4n) is 7.30. The SMILES string of the molecule is CCCOCOC12CC3(OCOCCC)CC(OCOCCC)(C1)CC(OC(=O)C1(C(C)(C)C)CN1)(C2)C3. The highest BCUT2D eigenvalue weighted by molar-refractivity contribution is 5.86. The molecule has 5 fully saturated rings. The number of nitrogens with one attached hydrogen (secondary N) is 1. The van der Waals surface area contributed by atoms with Crippen LogP contribution in [0.25, 0.3) is 0 Å². The van der Waals surface area contributed by atoms with Gasteiger partial charge in [-0.05, 0) is 24.7 Å². The quantitative estimate of drug-likeness (QED) is 0.124. The highest BCUT2D eigenvalue weighted by atomic mass is 16.7. The summed E-state index contributed by atoms with van der Waals surface area (Å²) in [7, 11) is 0. The first-order valence-electron chi connectivity index (χ1n) is 14.6. The topological polar surface area (TPSA) is 104 Å². The van der Waals surface area contributed by atoms with E-state index in [1.165, 1.54) is 0 Å². The van der Waals surface area contributed by atoms with E-state index in [0.717, 1.165) is 19.3 Å². The Kier molecular flexibility index (Phi) is 9.20. The van der Waals surface area contributed by atoms with Gasteiger partial charge in [-0.2, -0.15) is 0 Å². The third-order valence-electron chi connectivity index (χ3n) is 8.73. The lowest BCUT2D eigenvalue weighted by molar-refractivity contribution is -0.352. The molecule has 4 aliphatic carbocycles. The fraction of sp³-hybridized carbons (Fsp3) is 0.966. The first-order valence-corrected chi connectivity index (χ1v) is 14.6. The zero-order valence-electron chi connectivity index (χ0n) is 24.6. The van der Waals surface area contributed by atoms with Crippen LogP contribution in [0.2, 0.25) is 0 Å². The monoisotopic (exact) mass is 541 g/mol. The number of carbonyl (C=O) groups excluding carboxylic acids is 1. The van der Waals surface area contributed by atoms with Crippen molar-refractivity contribution in [3.05, 3.63) is 0 Å². The van der Waals surface area contributed by atoms with Gasteiger partial charge in [-0.3, -0.25) is 5.32 Å². The lowest BCUT2D eigenvalue weighted by atomic mass is 9.48. The molecule has 0 aromatic heterocycles. The Balaban J connectivity index is 1.63. The Hall–Kier alpha value is -0.810. The third kappa shape index (κ3) is 6.24. The Labute approximate surface area is 228 Å². The van der Waals surface area contributed by atoms with Crippen LogP contribution in [0.3, 0.4) is 0 Å². The molecule has 0 radical (unpaired) electrons. The molecule has 220 valence electrons. The summed E-state index contributed by atoms with van der Waals surface area (Å²) >= 11 is 0. The summed E-state index contributed by atoms with van der Waals surface area (Å²) in [5.41, 5.74) is -3.49. The average molecular weight is 542 g/mol. The van der Waals surface area contributed by atoms with Crippen molar-refractivity contribution < 1.29 is 38.0 Å². The van der Waals surface area contributed by atoms with Gasteiger partial charge >= 0.3 is 5.97 Å². The van der Waals surface area contributed by atoms with Crippen molar-refractivity contribution in [2.24, 2.45) is 5.41 Å². The number of esters is 1. The minimum atomic E-state index is -0.769. The lowest BCUT2D eigenvalue weighted by Crippen LogP contribution is -2.74. The summed E-state index contributed by atoms with van der Waals surface area (Å²) in [4.78, 5) is 13.8. The first kappa shape index (κ1) is 30.2. The molecule has 1 saturated heterocycles. The molecular formula is C29H51NO8. The molecule has 1 heterocycles. The maximum atomic E-state index is 13.8. The third-order valence-corrected chi connectivity index (χ3v) is 8.73. The second kappa shape index (κ2) is 11.6. The summed E-state index contributed by atoms with van der Waals surface area (Å²) in [6, 6.07) is 0. The maximum Gasteiger partial charge on any atom is 0.328 e. The molecule has 38 heavy (non-hydrogen) atoms. The van der Waals surface area contributed by atoms with Crippen molar-refractivity contribution >= 4 is 5.97 Å². The van der Waals surface area contributed by atoms with Crippen molar-refractivity contribution in [1.29, 1.82) is 0 Å². The van der Waals surface area contributed by atoms with Crippen LogP contribution in [0.15, 0.2) is 0 Å². The number of rotatable bonds is 17. The molecule has 4 bridgehead atoms. The minimum absolute atomic E-state index is 0.191. The molecule has 4 saturated carbocycles. The van der Waals surface area contributed by atoms with E-state index in [1.54, 1.807) is 0 Å². The largest absolute Gasteiger partial charge is 0.457 e. The molecule has 1 atom stereocenters. The summed E-state index contributed by atoms with van der Waals surface area (Å²) in [6.45, 7) is 15.6. The van der Waals surface area contributed by atoms with Gasteiger partial charge < -0.3 is 33.2 Å². The van der Waals surface area contributed by atoms with Crippen molar-refractivity contribution in [1.82, 2.24) is 5.32 Å². The number of ether oxygens (including phenoxy) is 7. The van der Waals surface area contributed by atoms with Crippen LogP contribution < -0.4 is 5.32 Å². The van der Waals surface area contributed by atoms with Gasteiger partial charge in [0.2, 0.25) is 0 Å². The molecule has 1 unspecified atom stereocenters. The van der Waals surface area contributed by atoms with Gasteiger partial charge in [0, 0.05) is 64.9 Å². The fourth-order valence-corrected chi connectivity index (χ4v) is 7.30. The molecule has 9 heteroatoms. The van der Waals surface area contributed by atoms with E-state index in [-0.39, 0.29) is 31.8 Å². The summed E-state index contributed by atoms with van der Waals surface area (Å²) in [6.07, 6.45) is 6.63. The average Bonchev–Trinajstić information content (AvgIpc) is 3.64. The summed E-state index contributed by atoms with van der Waals surface area (Å²) < 4.78 is 43.6. The highest BCUT2D eigenvalue weighted by Crippen LogP contribution is 2.65. The second-order valence-corrected chi connectivity index (χ2v) is 13.2. The molecular weight excluding hydrogens is 490 g/mol. The Morgan fingerprint density at radius 1 is 0.658 bits per heavy atom. The number of hydrogen-bond donors (Lipinski definition) is 1. The Bertz CT molecular complexity index is 730. The number of carbonyl (C=O) groups is 1. The Morgan fingerprint density at radius 3 is 1.29 bits per heavy atom. The van der Waals surface area contributed by atoms with Gasteiger partial charge in [-0.25, -0.2) is 4.79 Å². The molecule has 1 aliphatic heterocycles. The predicted molar refractivity (Wildman–Crippen MR) is 141 cm³/mol. The van der Waals surface area contributed by atoms with Crippen LogP contribution in [0.5, 0.6) is 0 Å². The normalized spacial score (nSPS) is 37.5. The van der Waals surface area contributed by atoms with E-state index in [0.29, 0.717) is 64.9 Å². The maximum absolute atomic E-state index is 13.8. The van der Waals surface area contributed by atoms with E-state index in [9.17, 15) is 4.79 Å². The van der Waals surface area contributed by atoms with Crippen LogP contribution in [0, 0.1) is 5.41 Å². The van der Waals surface area contributed by atoms with E-state index >= 15 is 0 Å². The molecule has 5 rings (SSSR count). The van der Waals surface area contributed by atoms with Crippen molar-refractivity contribution in [3.8, 4) is 0 Å². The molecule has 0 spiro atoms. The predicted octanol–water partition coefficient (Wildman–Crippen LogP) is 4.46. The van der Waals surface area contributed by atoms with Crippen LogP contribution in [0.4, 0.5) is 0 Å². The van der Waals surface area contributed by atoms with Gasteiger partial charge in [0.15, 0.2) is 0 Å². The van der Waals surface area contributed by atoms with Gasteiger partial charge in [0.05, 0.1) is 16.8 Å². The van der Waals surface area contributed by atoms with Crippen LogP contribution in [-0.4, -0.2) is 80.7 Å². The summed E-state index contributed by atoms with van der Waals surface area (Å²) in [5.74, 6) is -0.195. The van der Waals surface area contributed by atoms with Crippen molar-refractivity contribution in [3.63, 3.8) is 0 Å². The number of hydrogen-bond acceptors (Lipinski definition) is 9. The van der Waals surface area contributed by atoms with E-state index in [4.69, 9.17) is 33.2 Å². The zero-order chi connectivity index (χ0) is 27.5. The van der Waals surface area contributed by atoms with E-state index < -0.39 is 27.9 Å². The Morgan fingerprint density at radius 2 is 1.00 bits per heavy atom. The molecule has 1 N–H and O–H groups in total. The van der Waals surface area contributed by atoms with Gasteiger partial charge in [-0.15, -0.1) is 0 Å². The van der Waals surface area contributed by atoms with Gasteiger partial charge in [-0.1, -0.05) is 41.5 Å². The molecule has 0 aromatic carbocycles. The zero-order valence-corrected chi connectivity index (χ0v) is 24.6. The molecule has 5 aliphatic rings. The van der Waals surface area contributed by atoms with Crippen molar-refractivity contribution in [2.45, 2.75) is 127 Å². The molecule has 0 aromatic rings. The van der Waals surface area contributed by atoms with Crippen LogP contribution in [0.1, 0.15) is 99.3 Å². The minimum Gasteiger partial charge on any atom is -0.457 e. The van der Waals surface area contributed by atoms with Gasteiger partial charge in [0.25, 0.3) is 0 Å². The van der Waals surface area contributed by atoms with Crippen molar-refractivity contribution in [2.75, 3.05) is 46.7 Å². The van der Waals surface area contributed by atoms with Crippen LogP contribution >= 0.6 is 0 Å². The first-order chi connectivity index (χ1) is 18.0. The van der Waals surface area contributed by atoms with Gasteiger partial charge in [0.1, 0.15) is 31.5 Å². The smallest absolute Gasteiger partial charge is 0.328 e. The summed E-state index contributed by atoms with van der Waals surface area (Å²) in [5, 5.41) is 3.32. The standard InChI is InChI=1S/C29H51NO8/c1-7-10-32-20-35-25-13-26(36-21-33-11-8-2)15-27(14-25,37-22-34-12-9-3)18-28(16-25,17-26)38-23(31)29(19-30-29)24(4,5)6/h30H,7-22H2,1-6H3. The molecule has 9 nitrogen and oxygen atoms in total. The second-order valence-electron chi connectivity index (χ2n) is 13.2. The van der Waals surface area contributed by atoms with Crippen LogP contribution in [-0.2, 0) is 38.0 Å². The molecule has 0 amide bonds. The van der Waals surface area contributed by atoms with E-state index in [1.807, 2.05) is 0 Å².